The van der Waals surface area contributed by atoms with E-state index in [9.17, 15) is 0 Å². The summed E-state index contributed by atoms with van der Waals surface area (Å²) in [5, 5.41) is 8.94. The number of hydrogen-bond acceptors (Lipinski definition) is 1. The topological polar surface area (TPSA) is 20.2 Å². The average Bonchev–Trinajstić information content (AvgIpc) is 2.46. The summed E-state index contributed by atoms with van der Waals surface area (Å²) in [5.74, 6) is 0.479. The second kappa shape index (κ2) is 2.67. The van der Waals surface area contributed by atoms with Crippen LogP contribution in [0.15, 0.2) is 24.3 Å². The normalized spacial score (nSPS) is 16.8. The third-order valence-corrected chi connectivity index (χ3v) is 2.39. The maximum absolute atomic E-state index is 8.94. The lowest BCUT2D eigenvalue weighted by molar-refractivity contribution is 0.232. The average molecular weight is 148 g/mol. The number of hydrogen-bond donors (Lipinski definition) is 1. The lowest BCUT2D eigenvalue weighted by Crippen LogP contribution is -2.04. The summed E-state index contributed by atoms with van der Waals surface area (Å²) in [7, 11) is 0. The zero-order valence-electron chi connectivity index (χ0n) is 6.46. The molecule has 1 aliphatic rings. The van der Waals surface area contributed by atoms with Gasteiger partial charge in [-0.25, -0.2) is 0 Å². The van der Waals surface area contributed by atoms with Crippen molar-refractivity contribution in [2.24, 2.45) is 5.92 Å². The molecule has 0 amide bonds. The number of aliphatic hydroxyl groups excluding tert-OH is 1. The van der Waals surface area contributed by atoms with Gasteiger partial charge in [0.05, 0.1) is 0 Å². The molecule has 0 aromatic heterocycles. The van der Waals surface area contributed by atoms with E-state index in [0.29, 0.717) is 12.5 Å². The maximum atomic E-state index is 8.94. The lowest BCUT2D eigenvalue weighted by Gasteiger charge is -2.00. The molecule has 1 aromatic carbocycles. The van der Waals surface area contributed by atoms with Crippen LogP contribution in [-0.2, 0) is 12.8 Å². The van der Waals surface area contributed by atoms with Gasteiger partial charge in [0.15, 0.2) is 0 Å². The molecule has 2 rings (SSSR count). The summed E-state index contributed by atoms with van der Waals surface area (Å²) in [6, 6.07) is 8.45. The minimum absolute atomic E-state index is 0.328. The molecule has 0 aliphatic heterocycles. The Bertz CT molecular complexity index is 230. The van der Waals surface area contributed by atoms with Gasteiger partial charge in [-0.1, -0.05) is 24.3 Å². The first kappa shape index (κ1) is 6.86. The van der Waals surface area contributed by atoms with Crippen LogP contribution in [0.2, 0.25) is 0 Å². The highest BCUT2D eigenvalue weighted by molar-refractivity contribution is 5.31. The molecule has 0 unspecified atom stereocenters. The first-order chi connectivity index (χ1) is 5.40. The van der Waals surface area contributed by atoms with Gasteiger partial charge in [0.1, 0.15) is 0 Å². The van der Waals surface area contributed by atoms with Gasteiger partial charge >= 0.3 is 0 Å². The van der Waals surface area contributed by atoms with Gasteiger partial charge in [-0.3, -0.25) is 0 Å². The Morgan fingerprint density at radius 2 is 1.73 bits per heavy atom. The van der Waals surface area contributed by atoms with Crippen molar-refractivity contribution in [1.82, 2.24) is 0 Å². The van der Waals surface area contributed by atoms with E-state index in [1.54, 1.807) is 0 Å². The minimum Gasteiger partial charge on any atom is -0.396 e. The van der Waals surface area contributed by atoms with Crippen molar-refractivity contribution in [1.29, 1.82) is 0 Å². The van der Waals surface area contributed by atoms with Crippen LogP contribution < -0.4 is 0 Å². The number of fused-ring (bicyclic) bond motifs is 1. The predicted molar refractivity (Wildman–Crippen MR) is 44.4 cm³/mol. The third-order valence-electron chi connectivity index (χ3n) is 2.39. The molecule has 0 bridgehead atoms. The van der Waals surface area contributed by atoms with Crippen LogP contribution in [0, 0.1) is 5.92 Å². The van der Waals surface area contributed by atoms with Gasteiger partial charge in [0.2, 0.25) is 0 Å². The van der Waals surface area contributed by atoms with Crippen molar-refractivity contribution >= 4 is 0 Å². The van der Waals surface area contributed by atoms with Crippen LogP contribution in [0.5, 0.6) is 0 Å². The highest BCUT2D eigenvalue weighted by Crippen LogP contribution is 2.25. The summed E-state index contributed by atoms with van der Waals surface area (Å²) in [4.78, 5) is 0. The molecule has 11 heavy (non-hydrogen) atoms. The lowest BCUT2D eigenvalue weighted by atomic mass is 10.1. The van der Waals surface area contributed by atoms with Gasteiger partial charge < -0.3 is 5.11 Å². The van der Waals surface area contributed by atoms with Gasteiger partial charge in [-0.05, 0) is 29.9 Å². The van der Waals surface area contributed by atoms with Gasteiger partial charge in [-0.15, -0.1) is 0 Å². The molecule has 1 aliphatic carbocycles. The van der Waals surface area contributed by atoms with Crippen molar-refractivity contribution in [3.8, 4) is 0 Å². The van der Waals surface area contributed by atoms with E-state index in [4.69, 9.17) is 5.11 Å². The summed E-state index contributed by atoms with van der Waals surface area (Å²) >= 11 is 0. The van der Waals surface area contributed by atoms with Crippen LogP contribution in [-0.4, -0.2) is 11.7 Å². The fraction of sp³-hybridized carbons (Fsp3) is 0.400. The largest absolute Gasteiger partial charge is 0.396 e. The Morgan fingerprint density at radius 1 is 1.18 bits per heavy atom. The van der Waals surface area contributed by atoms with Crippen molar-refractivity contribution < 1.29 is 5.11 Å². The first-order valence-corrected chi connectivity index (χ1v) is 4.08. The van der Waals surface area contributed by atoms with E-state index in [1.807, 2.05) is 0 Å². The quantitative estimate of drug-likeness (QED) is 0.638. The fourth-order valence-corrected chi connectivity index (χ4v) is 1.78. The molecule has 1 N–H and O–H groups in total. The van der Waals surface area contributed by atoms with Crippen molar-refractivity contribution in [3.05, 3.63) is 35.4 Å². The molecule has 58 valence electrons. The number of benzene rings is 1. The van der Waals surface area contributed by atoms with Crippen molar-refractivity contribution in [3.63, 3.8) is 0 Å². The van der Waals surface area contributed by atoms with Crippen LogP contribution >= 0.6 is 0 Å². The van der Waals surface area contributed by atoms with Crippen LogP contribution in [0.4, 0.5) is 0 Å². The molecular weight excluding hydrogens is 136 g/mol. The van der Waals surface area contributed by atoms with Crippen LogP contribution in [0.25, 0.3) is 0 Å². The van der Waals surface area contributed by atoms with Crippen molar-refractivity contribution in [2.45, 2.75) is 12.8 Å². The molecule has 0 atom stereocenters. The highest BCUT2D eigenvalue weighted by Gasteiger charge is 2.19. The Labute approximate surface area is 66.7 Å². The van der Waals surface area contributed by atoms with E-state index in [-0.39, 0.29) is 0 Å². The molecule has 0 saturated carbocycles. The fourth-order valence-electron chi connectivity index (χ4n) is 1.78. The molecule has 0 spiro atoms. The molecule has 1 heteroatoms. The molecule has 1 nitrogen and oxygen atoms in total. The van der Waals surface area contributed by atoms with Gasteiger partial charge in [0, 0.05) is 6.61 Å². The maximum Gasteiger partial charge on any atom is 0.0465 e. The predicted octanol–water partition coefficient (Wildman–Crippen LogP) is 1.39. The van der Waals surface area contributed by atoms with Crippen LogP contribution in [0.3, 0.4) is 0 Å². The number of rotatable bonds is 1. The van der Waals surface area contributed by atoms with E-state index >= 15 is 0 Å². The molecule has 1 aromatic rings. The van der Waals surface area contributed by atoms with Gasteiger partial charge in [-0.2, -0.15) is 0 Å². The third kappa shape index (κ3) is 1.16. The second-order valence-electron chi connectivity index (χ2n) is 3.23. The Balaban J connectivity index is 2.27. The van der Waals surface area contributed by atoms with Crippen molar-refractivity contribution in [2.75, 3.05) is 6.61 Å². The molecule has 0 radical (unpaired) electrons. The summed E-state index contributed by atoms with van der Waals surface area (Å²) in [6.07, 6.45) is 2.12. The SMILES string of the molecule is OCC1Cc2ccccc2C1. The Kier molecular flexibility index (Phi) is 1.66. The molecular formula is C10H12O. The second-order valence-corrected chi connectivity index (χ2v) is 3.23. The smallest absolute Gasteiger partial charge is 0.0465 e. The first-order valence-electron chi connectivity index (χ1n) is 4.08. The standard InChI is InChI=1S/C10H12O/c11-7-8-5-9-3-1-2-4-10(9)6-8/h1-4,8,11H,5-7H2. The monoisotopic (exact) mass is 148 g/mol. The number of aliphatic hydroxyl groups is 1. The molecule has 0 saturated heterocycles. The Morgan fingerprint density at radius 3 is 2.18 bits per heavy atom. The summed E-state index contributed by atoms with van der Waals surface area (Å²) < 4.78 is 0. The van der Waals surface area contributed by atoms with Gasteiger partial charge in [0.25, 0.3) is 0 Å². The molecule has 0 heterocycles. The van der Waals surface area contributed by atoms with E-state index < -0.39 is 0 Å². The van der Waals surface area contributed by atoms with E-state index in [1.165, 1.54) is 11.1 Å². The minimum atomic E-state index is 0.328. The molecule has 0 fully saturated rings. The zero-order chi connectivity index (χ0) is 7.68. The van der Waals surface area contributed by atoms with E-state index in [2.05, 4.69) is 24.3 Å². The van der Waals surface area contributed by atoms with E-state index in [0.717, 1.165) is 12.8 Å². The summed E-state index contributed by atoms with van der Waals surface area (Å²) in [5.41, 5.74) is 2.85. The Hall–Kier alpha value is -0.820. The zero-order valence-corrected chi connectivity index (χ0v) is 6.46. The van der Waals surface area contributed by atoms with Crippen LogP contribution in [0.1, 0.15) is 11.1 Å². The summed E-state index contributed by atoms with van der Waals surface area (Å²) in [6.45, 7) is 0.328. The highest BCUT2D eigenvalue weighted by atomic mass is 16.3.